The van der Waals surface area contributed by atoms with Crippen molar-refractivity contribution in [2.75, 3.05) is 5.32 Å². The summed E-state index contributed by atoms with van der Waals surface area (Å²) in [6.07, 6.45) is 0. The summed E-state index contributed by atoms with van der Waals surface area (Å²) in [6.45, 7) is 0. The predicted octanol–water partition coefficient (Wildman–Crippen LogP) is 6.41. The molecule has 0 fully saturated rings. The molecule has 0 amide bonds. The third kappa shape index (κ3) is 2.96. The minimum atomic E-state index is 0.616. The van der Waals surface area contributed by atoms with Crippen molar-refractivity contribution in [1.82, 2.24) is 9.97 Å². The van der Waals surface area contributed by atoms with Gasteiger partial charge in [-0.25, -0.2) is 9.97 Å². The van der Waals surface area contributed by atoms with Crippen molar-refractivity contribution in [2.24, 2.45) is 0 Å². The highest BCUT2D eigenvalue weighted by atomic mass is 35.5. The second-order valence-electron chi connectivity index (χ2n) is 5.14. The molecule has 0 radical (unpaired) electrons. The first-order valence-corrected chi connectivity index (χ1v) is 8.87. The summed E-state index contributed by atoms with van der Waals surface area (Å²) in [5.74, 6) is 1.35. The highest BCUT2D eigenvalue weighted by Gasteiger charge is 2.13. The Kier molecular flexibility index (Phi) is 4.10. The Labute approximate surface area is 152 Å². The van der Waals surface area contributed by atoms with Crippen molar-refractivity contribution >= 4 is 56.9 Å². The molecule has 2 heterocycles. The maximum atomic E-state index is 6.25. The maximum absolute atomic E-state index is 6.25. The van der Waals surface area contributed by atoms with Crippen LogP contribution < -0.4 is 5.32 Å². The number of nitrogens with zero attached hydrogens (tertiary/aromatic N) is 2. The van der Waals surface area contributed by atoms with E-state index in [1.807, 2.05) is 60.0 Å². The maximum Gasteiger partial charge on any atom is 0.173 e. The van der Waals surface area contributed by atoms with Crippen LogP contribution in [0.1, 0.15) is 0 Å². The summed E-state index contributed by atoms with van der Waals surface area (Å²) in [4.78, 5) is 10.2. The molecule has 6 heteroatoms. The van der Waals surface area contributed by atoms with E-state index < -0.39 is 0 Å². The lowest BCUT2D eigenvalue weighted by atomic mass is 10.2. The molecule has 24 heavy (non-hydrogen) atoms. The first-order chi connectivity index (χ1) is 11.7. The Morgan fingerprint density at radius 3 is 2.42 bits per heavy atom. The molecule has 0 bridgehead atoms. The van der Waals surface area contributed by atoms with E-state index in [1.54, 1.807) is 0 Å². The number of rotatable bonds is 3. The van der Waals surface area contributed by atoms with Crippen molar-refractivity contribution in [2.45, 2.75) is 0 Å². The van der Waals surface area contributed by atoms with Crippen LogP contribution in [-0.2, 0) is 0 Å². The highest BCUT2D eigenvalue weighted by molar-refractivity contribution is 7.14. The Morgan fingerprint density at radius 2 is 1.67 bits per heavy atom. The van der Waals surface area contributed by atoms with E-state index in [4.69, 9.17) is 28.2 Å². The normalized spacial score (nSPS) is 10.9. The lowest BCUT2D eigenvalue weighted by molar-refractivity contribution is 1.23. The predicted molar refractivity (Wildman–Crippen MR) is 103 cm³/mol. The van der Waals surface area contributed by atoms with Crippen LogP contribution in [0, 0.1) is 0 Å². The molecule has 0 aliphatic heterocycles. The lowest BCUT2D eigenvalue weighted by Crippen LogP contribution is -1.98. The van der Waals surface area contributed by atoms with Gasteiger partial charge >= 0.3 is 0 Å². The zero-order valence-electron chi connectivity index (χ0n) is 12.3. The van der Waals surface area contributed by atoms with Gasteiger partial charge < -0.3 is 5.32 Å². The van der Waals surface area contributed by atoms with E-state index in [1.165, 1.54) is 11.3 Å². The number of benzene rings is 2. The van der Waals surface area contributed by atoms with Crippen molar-refractivity contribution in [3.8, 4) is 10.7 Å². The van der Waals surface area contributed by atoms with Gasteiger partial charge in [-0.15, -0.1) is 11.3 Å². The van der Waals surface area contributed by atoms with Crippen molar-refractivity contribution in [1.29, 1.82) is 0 Å². The van der Waals surface area contributed by atoms with Gasteiger partial charge in [-0.05, 0) is 47.8 Å². The quantitative estimate of drug-likeness (QED) is 0.452. The number of anilines is 2. The monoisotopic (exact) mass is 371 g/mol. The smallest absolute Gasteiger partial charge is 0.173 e. The fraction of sp³-hybridized carbons (Fsp3) is 0. The van der Waals surface area contributed by atoms with Gasteiger partial charge in [0, 0.05) is 16.1 Å². The molecule has 0 saturated heterocycles. The summed E-state index contributed by atoms with van der Waals surface area (Å²) in [5.41, 5.74) is 1.77. The third-order valence-corrected chi connectivity index (χ3v) is 5.12. The van der Waals surface area contributed by atoms with Crippen LogP contribution in [-0.4, -0.2) is 9.97 Å². The van der Waals surface area contributed by atoms with Crippen LogP contribution in [0.2, 0.25) is 10.0 Å². The van der Waals surface area contributed by atoms with Gasteiger partial charge in [0.05, 0.1) is 15.4 Å². The molecule has 2 aromatic carbocycles. The molecular formula is C18H11Cl2N3S. The second-order valence-corrected chi connectivity index (χ2v) is 6.90. The average Bonchev–Trinajstić information content (AvgIpc) is 3.03. The molecule has 0 saturated carbocycles. The Balaban J connectivity index is 1.86. The van der Waals surface area contributed by atoms with Crippen LogP contribution in [0.25, 0.3) is 21.6 Å². The molecule has 0 atom stereocenters. The molecule has 3 nitrogen and oxygen atoms in total. The van der Waals surface area contributed by atoms with Gasteiger partial charge in [0.2, 0.25) is 0 Å². The molecule has 0 unspecified atom stereocenters. The number of hydrogen-bond donors (Lipinski definition) is 1. The molecule has 0 aliphatic rings. The molecule has 0 aliphatic carbocycles. The molecule has 118 valence electrons. The molecule has 1 N–H and O–H groups in total. The minimum absolute atomic E-state index is 0.616. The molecule has 4 rings (SSSR count). The SMILES string of the molecule is Clc1ccc(Nc2nc(-c3sccc3Cl)nc3ccccc23)cc1. The van der Waals surface area contributed by atoms with Crippen LogP contribution in [0.3, 0.4) is 0 Å². The summed E-state index contributed by atoms with van der Waals surface area (Å²) >= 11 is 13.7. The lowest BCUT2D eigenvalue weighted by Gasteiger charge is -2.10. The Morgan fingerprint density at radius 1 is 0.875 bits per heavy atom. The van der Waals surface area contributed by atoms with E-state index in [2.05, 4.69) is 10.3 Å². The summed E-state index contributed by atoms with van der Waals surface area (Å²) < 4.78 is 0. The van der Waals surface area contributed by atoms with Gasteiger partial charge in [0.25, 0.3) is 0 Å². The van der Waals surface area contributed by atoms with Gasteiger partial charge in [0.1, 0.15) is 5.82 Å². The highest BCUT2D eigenvalue weighted by Crippen LogP contribution is 2.34. The molecule has 0 spiro atoms. The largest absolute Gasteiger partial charge is 0.340 e. The standard InChI is InChI=1S/C18H11Cl2N3S/c19-11-5-7-12(8-6-11)21-17-13-3-1-2-4-15(13)22-18(23-17)16-14(20)9-10-24-16/h1-10H,(H,21,22,23). The first kappa shape index (κ1) is 15.4. The van der Waals surface area contributed by atoms with E-state index in [0.29, 0.717) is 15.9 Å². The summed E-state index contributed by atoms with van der Waals surface area (Å²) in [6, 6.07) is 17.2. The van der Waals surface area contributed by atoms with Crippen LogP contribution in [0.15, 0.2) is 60.0 Å². The number of fused-ring (bicyclic) bond motifs is 1. The number of hydrogen-bond acceptors (Lipinski definition) is 4. The van der Waals surface area contributed by atoms with Crippen molar-refractivity contribution in [3.63, 3.8) is 0 Å². The van der Waals surface area contributed by atoms with E-state index in [0.717, 1.165) is 27.3 Å². The zero-order chi connectivity index (χ0) is 16.5. The van der Waals surface area contributed by atoms with Crippen molar-refractivity contribution in [3.05, 3.63) is 70.0 Å². The first-order valence-electron chi connectivity index (χ1n) is 7.23. The zero-order valence-corrected chi connectivity index (χ0v) is 14.7. The van der Waals surface area contributed by atoms with E-state index >= 15 is 0 Å². The number of para-hydroxylation sites is 1. The molecule has 2 aromatic heterocycles. The minimum Gasteiger partial charge on any atom is -0.340 e. The fourth-order valence-corrected chi connectivity index (χ4v) is 3.60. The molecular weight excluding hydrogens is 361 g/mol. The van der Waals surface area contributed by atoms with Gasteiger partial charge in [-0.3, -0.25) is 0 Å². The van der Waals surface area contributed by atoms with E-state index in [-0.39, 0.29) is 0 Å². The Bertz CT molecular complexity index is 1010. The summed E-state index contributed by atoms with van der Waals surface area (Å²) in [5, 5.41) is 7.58. The van der Waals surface area contributed by atoms with Crippen LogP contribution >= 0.6 is 34.5 Å². The van der Waals surface area contributed by atoms with Gasteiger partial charge in [-0.2, -0.15) is 0 Å². The second kappa shape index (κ2) is 6.40. The number of aromatic nitrogens is 2. The fourth-order valence-electron chi connectivity index (χ4n) is 2.40. The van der Waals surface area contributed by atoms with Gasteiger partial charge in [0.15, 0.2) is 5.82 Å². The van der Waals surface area contributed by atoms with E-state index in [9.17, 15) is 0 Å². The number of thiophene rings is 1. The van der Waals surface area contributed by atoms with Crippen molar-refractivity contribution < 1.29 is 0 Å². The topological polar surface area (TPSA) is 37.8 Å². The third-order valence-electron chi connectivity index (χ3n) is 3.53. The van der Waals surface area contributed by atoms with Gasteiger partial charge in [-0.1, -0.05) is 35.3 Å². The molecule has 4 aromatic rings. The number of nitrogens with one attached hydrogen (secondary N) is 1. The van der Waals surface area contributed by atoms with Crippen LogP contribution in [0.5, 0.6) is 0 Å². The van der Waals surface area contributed by atoms with Crippen LogP contribution in [0.4, 0.5) is 11.5 Å². The summed E-state index contributed by atoms with van der Waals surface area (Å²) in [7, 11) is 0. The Hall–Kier alpha value is -2.14. The average molecular weight is 372 g/mol. The number of halogens is 2.